The molecule has 0 saturated carbocycles. The van der Waals surface area contributed by atoms with E-state index in [-0.39, 0.29) is 6.54 Å². The lowest BCUT2D eigenvalue weighted by Gasteiger charge is -2.06. The third-order valence-electron chi connectivity index (χ3n) is 2.95. The maximum absolute atomic E-state index is 12.2. The Balaban J connectivity index is 1.81. The van der Waals surface area contributed by atoms with Gasteiger partial charge in [0.05, 0.1) is 5.39 Å². The first-order chi connectivity index (χ1) is 10.6. The first kappa shape index (κ1) is 14.2. The first-order valence-corrected chi connectivity index (χ1v) is 6.80. The number of carbonyl (C=O) groups is 1. The average molecular weight is 316 g/mol. The van der Waals surface area contributed by atoms with Crippen LogP contribution in [0.25, 0.3) is 10.9 Å². The van der Waals surface area contributed by atoms with Crippen LogP contribution in [0.1, 0.15) is 0 Å². The molecule has 0 aliphatic carbocycles. The Morgan fingerprint density at radius 2 is 1.86 bits per heavy atom. The molecule has 0 aliphatic heterocycles. The third-order valence-corrected chi connectivity index (χ3v) is 3.21. The van der Waals surface area contributed by atoms with E-state index in [0.717, 1.165) is 4.68 Å². The van der Waals surface area contributed by atoms with E-state index in [1.165, 1.54) is 0 Å². The maximum Gasteiger partial charge on any atom is 0.333 e. The van der Waals surface area contributed by atoms with E-state index in [1.54, 1.807) is 48.5 Å². The van der Waals surface area contributed by atoms with Gasteiger partial charge in [0.25, 0.3) is 5.56 Å². The molecule has 0 saturated heterocycles. The number of ether oxygens (including phenoxy) is 1. The van der Waals surface area contributed by atoms with Crippen LogP contribution in [0.3, 0.4) is 0 Å². The van der Waals surface area contributed by atoms with Crippen molar-refractivity contribution >= 4 is 28.5 Å². The number of rotatable bonds is 3. The fourth-order valence-electron chi connectivity index (χ4n) is 1.92. The smallest absolute Gasteiger partial charge is 0.333 e. The second-order valence-corrected chi connectivity index (χ2v) is 4.93. The van der Waals surface area contributed by atoms with Gasteiger partial charge in [-0.2, -0.15) is 4.68 Å². The van der Waals surface area contributed by atoms with Gasteiger partial charge >= 0.3 is 5.97 Å². The molecule has 0 spiro atoms. The van der Waals surface area contributed by atoms with E-state index < -0.39 is 11.5 Å². The van der Waals surface area contributed by atoms with Crippen molar-refractivity contribution in [2.75, 3.05) is 0 Å². The number of aromatic nitrogens is 3. The molecule has 6 nitrogen and oxygen atoms in total. The molecule has 0 unspecified atom stereocenters. The highest BCUT2D eigenvalue weighted by Crippen LogP contribution is 2.15. The summed E-state index contributed by atoms with van der Waals surface area (Å²) in [5.74, 6) is -0.273. The molecule has 22 heavy (non-hydrogen) atoms. The van der Waals surface area contributed by atoms with Gasteiger partial charge in [0.2, 0.25) is 0 Å². The molecule has 0 aliphatic rings. The van der Waals surface area contributed by atoms with Gasteiger partial charge in [-0.15, -0.1) is 5.10 Å². The van der Waals surface area contributed by atoms with Crippen LogP contribution in [0.5, 0.6) is 5.75 Å². The number of nitrogens with zero attached hydrogens (tertiary/aromatic N) is 3. The fraction of sp³-hybridized carbons (Fsp3) is 0.0667. The average Bonchev–Trinajstić information content (AvgIpc) is 2.53. The molecular weight excluding hydrogens is 306 g/mol. The monoisotopic (exact) mass is 315 g/mol. The van der Waals surface area contributed by atoms with Crippen molar-refractivity contribution in [2.24, 2.45) is 0 Å². The number of hydrogen-bond donors (Lipinski definition) is 0. The summed E-state index contributed by atoms with van der Waals surface area (Å²) < 4.78 is 6.09. The Morgan fingerprint density at radius 1 is 1.14 bits per heavy atom. The Hall–Kier alpha value is -2.73. The largest absolute Gasteiger partial charge is 0.425 e. The Labute approximate surface area is 129 Å². The van der Waals surface area contributed by atoms with E-state index in [1.807, 2.05) is 0 Å². The minimum atomic E-state index is -0.617. The zero-order valence-corrected chi connectivity index (χ0v) is 12.0. The standard InChI is InChI=1S/C15H10ClN3O3/c16-10-5-7-11(8-6-10)22-14(20)9-19-15(21)12-3-1-2-4-13(12)17-18-19/h1-8H,9H2. The zero-order valence-electron chi connectivity index (χ0n) is 11.3. The molecule has 1 aromatic heterocycles. The zero-order chi connectivity index (χ0) is 15.5. The number of halogens is 1. The lowest BCUT2D eigenvalue weighted by molar-refractivity contribution is -0.135. The third kappa shape index (κ3) is 2.96. The van der Waals surface area contributed by atoms with Gasteiger partial charge in [0, 0.05) is 5.02 Å². The Kier molecular flexibility index (Phi) is 3.84. The molecule has 0 amide bonds. The van der Waals surface area contributed by atoms with E-state index in [2.05, 4.69) is 10.3 Å². The van der Waals surface area contributed by atoms with Crippen molar-refractivity contribution < 1.29 is 9.53 Å². The van der Waals surface area contributed by atoms with Crippen LogP contribution in [-0.2, 0) is 11.3 Å². The van der Waals surface area contributed by atoms with Crippen molar-refractivity contribution in [3.05, 3.63) is 63.9 Å². The second kappa shape index (κ2) is 5.95. The lowest BCUT2D eigenvalue weighted by atomic mass is 10.2. The van der Waals surface area contributed by atoms with Gasteiger partial charge in [-0.3, -0.25) is 4.79 Å². The molecule has 1 heterocycles. The van der Waals surface area contributed by atoms with Crippen LogP contribution in [0.4, 0.5) is 0 Å². The summed E-state index contributed by atoms with van der Waals surface area (Å²) in [5.41, 5.74) is 0.0912. The van der Waals surface area contributed by atoms with Crippen molar-refractivity contribution in [1.29, 1.82) is 0 Å². The number of fused-ring (bicyclic) bond motifs is 1. The summed E-state index contributed by atoms with van der Waals surface area (Å²) in [5, 5.41) is 8.57. The van der Waals surface area contributed by atoms with Crippen molar-refractivity contribution in [1.82, 2.24) is 15.0 Å². The number of esters is 1. The van der Waals surface area contributed by atoms with E-state index in [4.69, 9.17) is 16.3 Å². The summed E-state index contributed by atoms with van der Waals surface area (Å²) in [6.07, 6.45) is 0. The highest BCUT2D eigenvalue weighted by molar-refractivity contribution is 6.30. The van der Waals surface area contributed by atoms with Crippen LogP contribution in [0.2, 0.25) is 5.02 Å². The number of carbonyl (C=O) groups excluding carboxylic acids is 1. The minimum Gasteiger partial charge on any atom is -0.425 e. The Morgan fingerprint density at radius 3 is 2.64 bits per heavy atom. The van der Waals surface area contributed by atoms with Crippen LogP contribution < -0.4 is 10.3 Å². The molecule has 110 valence electrons. The number of benzene rings is 2. The SMILES string of the molecule is O=C(Cn1nnc2ccccc2c1=O)Oc1ccc(Cl)cc1. The predicted molar refractivity (Wildman–Crippen MR) is 80.9 cm³/mol. The summed E-state index contributed by atoms with van der Waals surface area (Å²) >= 11 is 5.75. The highest BCUT2D eigenvalue weighted by atomic mass is 35.5. The second-order valence-electron chi connectivity index (χ2n) is 4.50. The Bertz CT molecular complexity index is 890. The molecule has 0 atom stereocenters. The summed E-state index contributed by atoms with van der Waals surface area (Å²) in [6.45, 7) is -0.320. The van der Waals surface area contributed by atoms with Crippen molar-refractivity contribution in [3.8, 4) is 5.75 Å². The highest BCUT2D eigenvalue weighted by Gasteiger charge is 2.11. The minimum absolute atomic E-state index is 0.320. The van der Waals surface area contributed by atoms with Gasteiger partial charge in [-0.1, -0.05) is 28.9 Å². The molecule has 0 N–H and O–H groups in total. The van der Waals surface area contributed by atoms with Gasteiger partial charge in [-0.05, 0) is 36.4 Å². The first-order valence-electron chi connectivity index (χ1n) is 6.42. The maximum atomic E-state index is 12.2. The van der Waals surface area contributed by atoms with Gasteiger partial charge in [0.1, 0.15) is 17.8 Å². The molecule has 3 aromatic rings. The molecular formula is C15H10ClN3O3. The van der Waals surface area contributed by atoms with Gasteiger partial charge in [0.15, 0.2) is 0 Å². The molecule has 7 heteroatoms. The molecule has 0 bridgehead atoms. The summed E-state index contributed by atoms with van der Waals surface area (Å²) in [7, 11) is 0. The quantitative estimate of drug-likeness (QED) is 0.546. The fourth-order valence-corrected chi connectivity index (χ4v) is 2.04. The predicted octanol–water partition coefficient (Wildman–Crippen LogP) is 2.05. The van der Waals surface area contributed by atoms with Crippen LogP contribution in [0.15, 0.2) is 53.3 Å². The topological polar surface area (TPSA) is 74.1 Å². The molecule has 0 fully saturated rings. The van der Waals surface area contributed by atoms with Crippen LogP contribution >= 0.6 is 11.6 Å². The molecule has 3 rings (SSSR count). The normalized spacial score (nSPS) is 10.6. The summed E-state index contributed by atoms with van der Waals surface area (Å²) in [6, 6.07) is 13.1. The van der Waals surface area contributed by atoms with E-state index >= 15 is 0 Å². The number of hydrogen-bond acceptors (Lipinski definition) is 5. The van der Waals surface area contributed by atoms with Gasteiger partial charge < -0.3 is 4.74 Å². The molecule has 2 aromatic carbocycles. The van der Waals surface area contributed by atoms with Crippen LogP contribution in [-0.4, -0.2) is 21.0 Å². The van der Waals surface area contributed by atoms with E-state index in [9.17, 15) is 9.59 Å². The van der Waals surface area contributed by atoms with Gasteiger partial charge in [-0.25, -0.2) is 4.79 Å². The van der Waals surface area contributed by atoms with E-state index in [0.29, 0.717) is 21.7 Å². The van der Waals surface area contributed by atoms with Crippen LogP contribution in [0, 0.1) is 0 Å². The van der Waals surface area contributed by atoms with Crippen molar-refractivity contribution in [3.63, 3.8) is 0 Å². The molecule has 0 radical (unpaired) electrons. The van der Waals surface area contributed by atoms with Crippen molar-refractivity contribution in [2.45, 2.75) is 6.54 Å². The summed E-state index contributed by atoms with van der Waals surface area (Å²) in [4.78, 5) is 24.1. The lowest BCUT2D eigenvalue weighted by Crippen LogP contribution is -2.29.